The van der Waals surface area contributed by atoms with Crippen molar-refractivity contribution in [1.29, 1.82) is 0 Å². The highest BCUT2D eigenvalue weighted by Crippen LogP contribution is 2.31. The number of halogens is 3. The summed E-state index contributed by atoms with van der Waals surface area (Å²) in [6, 6.07) is 4.64. The molecule has 1 amide bonds. The molecule has 1 aliphatic rings. The summed E-state index contributed by atoms with van der Waals surface area (Å²) in [4.78, 5) is 25.2. The molecule has 33 heavy (non-hydrogen) atoms. The van der Waals surface area contributed by atoms with Crippen molar-refractivity contribution in [2.75, 3.05) is 13.1 Å². The van der Waals surface area contributed by atoms with Crippen LogP contribution >= 0.6 is 11.3 Å². The summed E-state index contributed by atoms with van der Waals surface area (Å²) in [5.74, 6) is -1.06. The summed E-state index contributed by atoms with van der Waals surface area (Å²) < 4.78 is 44.2. The van der Waals surface area contributed by atoms with Gasteiger partial charge in [0.1, 0.15) is 16.9 Å². The first-order valence-electron chi connectivity index (χ1n) is 10.3. The largest absolute Gasteiger partial charge is 0.489 e. The minimum Gasteiger partial charge on any atom is -0.489 e. The maximum absolute atomic E-state index is 13.0. The first-order chi connectivity index (χ1) is 15.7. The van der Waals surface area contributed by atoms with Gasteiger partial charge in [0.25, 0.3) is 5.91 Å². The Kier molecular flexibility index (Phi) is 6.61. The van der Waals surface area contributed by atoms with Crippen LogP contribution in [0.2, 0.25) is 0 Å². The summed E-state index contributed by atoms with van der Waals surface area (Å²) >= 11 is 1.51. The number of nitrogens with zero attached hydrogens (tertiary/aromatic N) is 3. The smallest absolute Gasteiger partial charge is 0.451 e. The van der Waals surface area contributed by atoms with Crippen LogP contribution in [0.1, 0.15) is 46.0 Å². The van der Waals surface area contributed by atoms with E-state index >= 15 is 0 Å². The first kappa shape index (κ1) is 23.1. The van der Waals surface area contributed by atoms with Gasteiger partial charge in [0.15, 0.2) is 0 Å². The topological polar surface area (TPSA) is 89.0 Å². The van der Waals surface area contributed by atoms with Gasteiger partial charge in [-0.2, -0.15) is 13.2 Å². The SMILES string of the molecule is Cc1cnc(-c2cc(O[C@H]3CCNC3)cc(C(=O)N[C@H](C)c3cnc(C(F)(F)F)nc3)c2)s1. The van der Waals surface area contributed by atoms with Crippen molar-refractivity contribution >= 4 is 17.2 Å². The molecule has 3 heterocycles. The van der Waals surface area contributed by atoms with Gasteiger partial charge in [-0.25, -0.2) is 15.0 Å². The number of amides is 1. The first-order valence-corrected chi connectivity index (χ1v) is 11.2. The maximum atomic E-state index is 13.0. The van der Waals surface area contributed by atoms with Crippen molar-refractivity contribution < 1.29 is 22.7 Å². The van der Waals surface area contributed by atoms with E-state index in [9.17, 15) is 18.0 Å². The van der Waals surface area contributed by atoms with Gasteiger partial charge in [0.2, 0.25) is 5.82 Å². The normalized spacial score (nSPS) is 17.1. The number of hydrogen-bond donors (Lipinski definition) is 2. The fraction of sp³-hybridized carbons (Fsp3) is 0.364. The average molecular weight is 478 g/mol. The van der Waals surface area contributed by atoms with Gasteiger partial charge in [0, 0.05) is 46.7 Å². The van der Waals surface area contributed by atoms with Crippen LogP contribution in [0, 0.1) is 6.92 Å². The monoisotopic (exact) mass is 477 g/mol. The van der Waals surface area contributed by atoms with Crippen LogP contribution < -0.4 is 15.4 Å². The molecule has 0 radical (unpaired) electrons. The second kappa shape index (κ2) is 9.44. The van der Waals surface area contributed by atoms with Gasteiger partial charge in [-0.3, -0.25) is 4.79 Å². The molecule has 2 N–H and O–H groups in total. The lowest BCUT2D eigenvalue weighted by molar-refractivity contribution is -0.145. The molecule has 1 saturated heterocycles. The van der Waals surface area contributed by atoms with E-state index in [1.807, 2.05) is 13.0 Å². The molecule has 2 aromatic heterocycles. The molecule has 0 bridgehead atoms. The van der Waals surface area contributed by atoms with E-state index in [2.05, 4.69) is 25.6 Å². The number of benzene rings is 1. The van der Waals surface area contributed by atoms with E-state index in [0.717, 1.165) is 47.4 Å². The third kappa shape index (κ3) is 5.66. The van der Waals surface area contributed by atoms with Crippen LogP contribution in [-0.2, 0) is 6.18 Å². The van der Waals surface area contributed by atoms with E-state index in [-0.39, 0.29) is 6.10 Å². The van der Waals surface area contributed by atoms with E-state index in [4.69, 9.17) is 4.74 Å². The standard InChI is InChI=1S/C22H22F3N5O2S/c1-12-8-27-20(33-12)15-5-14(6-18(7-15)32-17-3-4-26-11-17)19(31)30-13(2)16-9-28-21(29-10-16)22(23,24)25/h5-10,13,17,26H,3-4,11H2,1-2H3,(H,30,31)/t13-,17+/m1/s1. The number of carbonyl (C=O) groups is 1. The van der Waals surface area contributed by atoms with Crippen molar-refractivity contribution in [1.82, 2.24) is 25.6 Å². The Balaban J connectivity index is 1.56. The van der Waals surface area contributed by atoms with E-state index in [1.165, 1.54) is 11.3 Å². The summed E-state index contributed by atoms with van der Waals surface area (Å²) in [6.07, 6.45) is 0.157. The number of nitrogens with one attached hydrogen (secondary N) is 2. The predicted molar refractivity (Wildman–Crippen MR) is 117 cm³/mol. The predicted octanol–water partition coefficient (Wildman–Crippen LogP) is 4.16. The Morgan fingerprint density at radius 1 is 1.21 bits per heavy atom. The summed E-state index contributed by atoms with van der Waals surface area (Å²) in [5.41, 5.74) is 1.48. The summed E-state index contributed by atoms with van der Waals surface area (Å²) in [7, 11) is 0. The van der Waals surface area contributed by atoms with Gasteiger partial charge in [-0.1, -0.05) is 0 Å². The van der Waals surface area contributed by atoms with Crippen LogP contribution in [0.5, 0.6) is 5.75 Å². The average Bonchev–Trinajstić information content (AvgIpc) is 3.44. The van der Waals surface area contributed by atoms with Gasteiger partial charge in [0.05, 0.1) is 6.04 Å². The van der Waals surface area contributed by atoms with Crippen LogP contribution in [0.4, 0.5) is 13.2 Å². The number of alkyl halides is 3. The highest BCUT2D eigenvalue weighted by atomic mass is 32.1. The van der Waals surface area contributed by atoms with Crippen molar-refractivity contribution in [3.05, 3.63) is 58.6 Å². The lowest BCUT2D eigenvalue weighted by atomic mass is 10.1. The fourth-order valence-electron chi connectivity index (χ4n) is 3.40. The zero-order chi connectivity index (χ0) is 23.6. The number of hydrogen-bond acceptors (Lipinski definition) is 7. The molecule has 1 fully saturated rings. The van der Waals surface area contributed by atoms with Crippen molar-refractivity contribution in [2.24, 2.45) is 0 Å². The minimum absolute atomic E-state index is 0.0115. The van der Waals surface area contributed by atoms with Gasteiger partial charge in [-0.15, -0.1) is 11.3 Å². The third-order valence-electron chi connectivity index (χ3n) is 5.13. The van der Waals surface area contributed by atoms with Crippen molar-refractivity contribution in [3.8, 4) is 16.3 Å². The number of ether oxygens (including phenoxy) is 1. The molecule has 1 aromatic carbocycles. The Morgan fingerprint density at radius 2 is 1.97 bits per heavy atom. The number of thiazole rings is 1. The highest BCUT2D eigenvalue weighted by molar-refractivity contribution is 7.14. The molecule has 0 unspecified atom stereocenters. The zero-order valence-corrected chi connectivity index (χ0v) is 18.8. The Hall–Kier alpha value is -3.05. The number of aryl methyl sites for hydroxylation is 1. The second-order valence-corrected chi connectivity index (χ2v) is 9.02. The molecule has 7 nitrogen and oxygen atoms in total. The van der Waals surface area contributed by atoms with Crippen LogP contribution in [0.3, 0.4) is 0 Å². The molecular weight excluding hydrogens is 455 g/mol. The zero-order valence-electron chi connectivity index (χ0n) is 17.9. The van der Waals surface area contributed by atoms with Gasteiger partial charge < -0.3 is 15.4 Å². The number of aromatic nitrogens is 3. The van der Waals surface area contributed by atoms with Crippen LogP contribution in [-0.4, -0.2) is 40.1 Å². The van der Waals surface area contributed by atoms with Crippen molar-refractivity contribution in [2.45, 2.75) is 38.6 Å². The molecular formula is C22H22F3N5O2S. The molecule has 0 aliphatic carbocycles. The molecule has 0 saturated carbocycles. The van der Waals surface area contributed by atoms with E-state index < -0.39 is 23.9 Å². The quantitative estimate of drug-likeness (QED) is 0.554. The maximum Gasteiger partial charge on any atom is 0.451 e. The third-order valence-corrected chi connectivity index (χ3v) is 6.09. The van der Waals surface area contributed by atoms with E-state index in [0.29, 0.717) is 16.9 Å². The number of rotatable bonds is 6. The van der Waals surface area contributed by atoms with Crippen molar-refractivity contribution in [3.63, 3.8) is 0 Å². The van der Waals surface area contributed by atoms with Gasteiger partial charge in [-0.05, 0) is 45.0 Å². The van der Waals surface area contributed by atoms with Gasteiger partial charge >= 0.3 is 6.18 Å². The number of carbonyl (C=O) groups excluding carboxylic acids is 1. The lowest BCUT2D eigenvalue weighted by Crippen LogP contribution is -2.27. The Morgan fingerprint density at radius 3 is 2.58 bits per heavy atom. The molecule has 1 aliphatic heterocycles. The Bertz CT molecular complexity index is 1130. The highest BCUT2D eigenvalue weighted by Gasteiger charge is 2.34. The fourth-order valence-corrected chi connectivity index (χ4v) is 4.15. The van der Waals surface area contributed by atoms with Crippen LogP contribution in [0.25, 0.3) is 10.6 Å². The lowest BCUT2D eigenvalue weighted by Gasteiger charge is -2.17. The minimum atomic E-state index is -4.62. The molecule has 0 spiro atoms. The second-order valence-electron chi connectivity index (χ2n) is 7.79. The van der Waals surface area contributed by atoms with Crippen LogP contribution in [0.15, 0.2) is 36.8 Å². The summed E-state index contributed by atoms with van der Waals surface area (Å²) in [5, 5.41) is 6.80. The molecule has 11 heteroatoms. The molecule has 3 aromatic rings. The molecule has 4 rings (SSSR count). The molecule has 174 valence electrons. The Labute approximate surface area is 192 Å². The molecule has 2 atom stereocenters. The summed E-state index contributed by atoms with van der Waals surface area (Å²) in [6.45, 7) is 5.20. The van der Waals surface area contributed by atoms with E-state index in [1.54, 1.807) is 25.3 Å².